The Morgan fingerprint density at radius 2 is 1.92 bits per heavy atom. The highest BCUT2D eigenvalue weighted by atomic mass is 16.5. The molecule has 2 heteroatoms. The monoisotopic (exact) mass is 164 g/mol. The molecule has 0 radical (unpaired) electrons. The Balaban J connectivity index is 2.65. The Morgan fingerprint density at radius 3 is 2.42 bits per heavy atom. The second-order valence-corrected chi connectivity index (χ2v) is 2.66. The van der Waals surface area contributed by atoms with Gasteiger partial charge < -0.3 is 4.74 Å². The summed E-state index contributed by atoms with van der Waals surface area (Å²) in [7, 11) is 0. The van der Waals surface area contributed by atoms with E-state index in [1.807, 2.05) is 37.3 Å². The first-order chi connectivity index (χ1) is 5.70. The maximum Gasteiger partial charge on any atom is 0.303 e. The lowest BCUT2D eigenvalue weighted by Crippen LogP contribution is -2.04. The van der Waals surface area contributed by atoms with Crippen LogP contribution in [0.5, 0.6) is 0 Å². The van der Waals surface area contributed by atoms with Crippen LogP contribution < -0.4 is 0 Å². The van der Waals surface area contributed by atoms with Crippen LogP contribution in [0.3, 0.4) is 0 Å². The third-order valence-electron chi connectivity index (χ3n) is 1.61. The van der Waals surface area contributed by atoms with Gasteiger partial charge in [0.15, 0.2) is 0 Å². The first-order valence-corrected chi connectivity index (χ1v) is 3.92. The maximum absolute atomic E-state index is 10.6. The van der Waals surface area contributed by atoms with E-state index in [1.165, 1.54) is 6.92 Å². The minimum absolute atomic E-state index is 0.149. The first kappa shape index (κ1) is 8.78. The van der Waals surface area contributed by atoms with Gasteiger partial charge in [-0.3, -0.25) is 4.79 Å². The summed E-state index contributed by atoms with van der Waals surface area (Å²) in [6.45, 7) is 3.27. The molecule has 0 bridgehead atoms. The molecule has 0 aliphatic rings. The molecule has 0 aliphatic carbocycles. The molecule has 0 fully saturated rings. The molecule has 64 valence electrons. The zero-order valence-corrected chi connectivity index (χ0v) is 7.28. The van der Waals surface area contributed by atoms with E-state index >= 15 is 0 Å². The first-order valence-electron chi connectivity index (χ1n) is 3.92. The minimum atomic E-state index is -0.244. The van der Waals surface area contributed by atoms with Crippen LogP contribution in [-0.2, 0) is 9.53 Å². The predicted octanol–water partition coefficient (Wildman–Crippen LogP) is 2.31. The van der Waals surface area contributed by atoms with Gasteiger partial charge in [-0.2, -0.15) is 0 Å². The number of benzene rings is 1. The Kier molecular flexibility index (Phi) is 2.86. The number of ether oxygens (including phenoxy) is 1. The van der Waals surface area contributed by atoms with E-state index in [0.29, 0.717) is 0 Å². The normalized spacial score (nSPS) is 12.2. The van der Waals surface area contributed by atoms with Crippen molar-refractivity contribution in [2.24, 2.45) is 0 Å². The molecular weight excluding hydrogens is 152 g/mol. The molecule has 2 nitrogen and oxygen atoms in total. The van der Waals surface area contributed by atoms with Crippen molar-refractivity contribution in [2.45, 2.75) is 20.0 Å². The number of rotatable bonds is 2. The number of hydrogen-bond acceptors (Lipinski definition) is 2. The van der Waals surface area contributed by atoms with Crippen LogP contribution in [0.15, 0.2) is 30.3 Å². The molecule has 0 amide bonds. The van der Waals surface area contributed by atoms with Crippen molar-refractivity contribution in [3.05, 3.63) is 35.9 Å². The zero-order chi connectivity index (χ0) is 8.97. The Morgan fingerprint density at radius 1 is 1.33 bits per heavy atom. The van der Waals surface area contributed by atoms with Gasteiger partial charge in [0.25, 0.3) is 0 Å². The van der Waals surface area contributed by atoms with Gasteiger partial charge in [0, 0.05) is 6.92 Å². The summed E-state index contributed by atoms with van der Waals surface area (Å²) in [5.74, 6) is -0.244. The molecule has 0 saturated carbocycles. The van der Waals surface area contributed by atoms with E-state index in [0.717, 1.165) is 5.56 Å². The molecule has 1 unspecified atom stereocenters. The molecule has 1 rings (SSSR count). The summed E-state index contributed by atoms with van der Waals surface area (Å²) in [4.78, 5) is 10.6. The Hall–Kier alpha value is -1.31. The molecule has 0 aromatic heterocycles. The van der Waals surface area contributed by atoms with E-state index < -0.39 is 0 Å². The molecule has 1 atom stereocenters. The van der Waals surface area contributed by atoms with Crippen LogP contribution in [0.25, 0.3) is 0 Å². The molecule has 12 heavy (non-hydrogen) atoms. The average molecular weight is 164 g/mol. The smallest absolute Gasteiger partial charge is 0.303 e. The molecule has 0 spiro atoms. The highest BCUT2D eigenvalue weighted by Gasteiger charge is 2.06. The Labute approximate surface area is 72.2 Å². The highest BCUT2D eigenvalue weighted by Crippen LogP contribution is 2.15. The van der Waals surface area contributed by atoms with Crippen LogP contribution in [0, 0.1) is 0 Å². The Bertz CT molecular complexity index is 254. The lowest BCUT2D eigenvalue weighted by atomic mass is 10.1. The second kappa shape index (κ2) is 3.90. The molecular formula is C10H12O2. The van der Waals surface area contributed by atoms with Gasteiger partial charge in [-0.15, -0.1) is 0 Å². The molecule has 0 N–H and O–H groups in total. The molecule has 0 heterocycles. The van der Waals surface area contributed by atoms with Crippen LogP contribution in [0.2, 0.25) is 0 Å². The third-order valence-corrected chi connectivity index (χ3v) is 1.61. The molecule has 0 aliphatic heterocycles. The van der Waals surface area contributed by atoms with Crippen molar-refractivity contribution < 1.29 is 9.53 Å². The van der Waals surface area contributed by atoms with Gasteiger partial charge >= 0.3 is 5.97 Å². The van der Waals surface area contributed by atoms with Gasteiger partial charge in [-0.1, -0.05) is 30.3 Å². The van der Waals surface area contributed by atoms with Crippen molar-refractivity contribution in [1.29, 1.82) is 0 Å². The summed E-state index contributed by atoms with van der Waals surface area (Å²) in [5, 5.41) is 0. The van der Waals surface area contributed by atoms with E-state index in [4.69, 9.17) is 4.74 Å². The van der Waals surface area contributed by atoms with Gasteiger partial charge in [-0.25, -0.2) is 0 Å². The minimum Gasteiger partial charge on any atom is -0.458 e. The van der Waals surface area contributed by atoms with Gasteiger partial charge in [0.05, 0.1) is 0 Å². The van der Waals surface area contributed by atoms with Crippen molar-refractivity contribution in [3.8, 4) is 0 Å². The van der Waals surface area contributed by atoms with Crippen molar-refractivity contribution in [1.82, 2.24) is 0 Å². The van der Waals surface area contributed by atoms with E-state index in [-0.39, 0.29) is 12.1 Å². The van der Waals surface area contributed by atoms with Gasteiger partial charge in [0.1, 0.15) is 6.10 Å². The standard InChI is InChI=1S/C10H12O2/c1-8(12-9(2)11)10-6-4-3-5-7-10/h3-8H,1-2H3. The van der Waals surface area contributed by atoms with E-state index in [1.54, 1.807) is 0 Å². The van der Waals surface area contributed by atoms with Crippen molar-refractivity contribution in [3.63, 3.8) is 0 Å². The SMILES string of the molecule is CC(=O)OC(C)c1ccccc1. The predicted molar refractivity (Wildman–Crippen MR) is 46.6 cm³/mol. The van der Waals surface area contributed by atoms with Crippen LogP contribution in [0.1, 0.15) is 25.5 Å². The topological polar surface area (TPSA) is 26.3 Å². The van der Waals surface area contributed by atoms with E-state index in [9.17, 15) is 4.79 Å². The summed E-state index contributed by atoms with van der Waals surface area (Å²) < 4.78 is 5.00. The molecule has 1 aromatic carbocycles. The fourth-order valence-electron chi connectivity index (χ4n) is 1.04. The quantitative estimate of drug-likeness (QED) is 0.627. The summed E-state index contributed by atoms with van der Waals surface area (Å²) >= 11 is 0. The van der Waals surface area contributed by atoms with Crippen molar-refractivity contribution in [2.75, 3.05) is 0 Å². The zero-order valence-electron chi connectivity index (χ0n) is 7.28. The number of carbonyl (C=O) groups is 1. The average Bonchev–Trinajstić information content (AvgIpc) is 2.05. The number of carbonyl (C=O) groups excluding carboxylic acids is 1. The maximum atomic E-state index is 10.6. The summed E-state index contributed by atoms with van der Waals surface area (Å²) in [6, 6.07) is 9.66. The van der Waals surface area contributed by atoms with E-state index in [2.05, 4.69) is 0 Å². The van der Waals surface area contributed by atoms with Crippen LogP contribution in [-0.4, -0.2) is 5.97 Å². The van der Waals surface area contributed by atoms with Gasteiger partial charge in [-0.05, 0) is 12.5 Å². The fourth-order valence-corrected chi connectivity index (χ4v) is 1.04. The van der Waals surface area contributed by atoms with Crippen LogP contribution >= 0.6 is 0 Å². The fraction of sp³-hybridized carbons (Fsp3) is 0.300. The summed E-state index contributed by atoms with van der Waals surface area (Å²) in [6.07, 6.45) is -0.149. The highest BCUT2D eigenvalue weighted by molar-refractivity contribution is 5.66. The van der Waals surface area contributed by atoms with Crippen molar-refractivity contribution >= 4 is 5.97 Å². The third kappa shape index (κ3) is 2.38. The number of esters is 1. The lowest BCUT2D eigenvalue weighted by molar-refractivity contribution is -0.145. The largest absolute Gasteiger partial charge is 0.458 e. The van der Waals surface area contributed by atoms with Gasteiger partial charge in [0.2, 0.25) is 0 Å². The molecule has 0 saturated heterocycles. The lowest BCUT2D eigenvalue weighted by Gasteiger charge is -2.11. The summed E-state index contributed by atoms with van der Waals surface area (Å²) in [5.41, 5.74) is 1.02. The molecule has 1 aromatic rings. The number of hydrogen-bond donors (Lipinski definition) is 0. The van der Waals surface area contributed by atoms with Crippen LogP contribution in [0.4, 0.5) is 0 Å². The second-order valence-electron chi connectivity index (χ2n) is 2.66.